The molecule has 0 spiro atoms. The Morgan fingerprint density at radius 1 is 1.16 bits per heavy atom. The molecule has 0 aliphatic carbocycles. The number of amides is 1. The minimum atomic E-state index is -0.959. The van der Waals surface area contributed by atoms with Crippen LogP contribution in [0.4, 0.5) is 5.69 Å². The fourth-order valence-electron chi connectivity index (χ4n) is 2.63. The molecule has 1 heterocycles. The van der Waals surface area contributed by atoms with E-state index in [1.165, 1.54) is 0 Å². The Kier molecular flexibility index (Phi) is 4.79. The maximum absolute atomic E-state index is 11.6. The molecule has 128 valence electrons. The molecule has 0 fully saturated rings. The summed E-state index contributed by atoms with van der Waals surface area (Å²) in [5, 5.41) is 11.9. The van der Waals surface area contributed by atoms with Gasteiger partial charge in [-0.15, -0.1) is 0 Å². The third-order valence-corrected chi connectivity index (χ3v) is 3.86. The first-order valence-electron chi connectivity index (χ1n) is 8.16. The Morgan fingerprint density at radius 2 is 1.92 bits per heavy atom. The van der Waals surface area contributed by atoms with Gasteiger partial charge in [-0.25, -0.2) is 9.78 Å². The fourth-order valence-corrected chi connectivity index (χ4v) is 2.63. The third-order valence-electron chi connectivity index (χ3n) is 3.86. The van der Waals surface area contributed by atoms with E-state index in [0.29, 0.717) is 18.4 Å². The molecule has 6 nitrogen and oxygen atoms in total. The normalized spacial score (nSPS) is 10.8. The molecule has 0 aliphatic heterocycles. The highest BCUT2D eigenvalue weighted by Gasteiger charge is 2.08. The number of benzene rings is 2. The van der Waals surface area contributed by atoms with Gasteiger partial charge in [-0.05, 0) is 42.3 Å². The van der Waals surface area contributed by atoms with Crippen molar-refractivity contribution >= 4 is 28.6 Å². The van der Waals surface area contributed by atoms with E-state index in [1.807, 2.05) is 31.2 Å². The molecule has 3 N–H and O–H groups in total. The number of H-pyrrole nitrogens is 1. The van der Waals surface area contributed by atoms with E-state index in [1.54, 1.807) is 18.2 Å². The monoisotopic (exact) mass is 337 g/mol. The second-order valence-electron chi connectivity index (χ2n) is 5.89. The molecule has 0 radical (unpaired) electrons. The molecule has 0 saturated heterocycles. The Morgan fingerprint density at radius 3 is 2.60 bits per heavy atom. The average Bonchev–Trinajstić information content (AvgIpc) is 2.98. The van der Waals surface area contributed by atoms with Crippen molar-refractivity contribution in [1.82, 2.24) is 9.97 Å². The van der Waals surface area contributed by atoms with E-state index >= 15 is 0 Å². The highest BCUT2D eigenvalue weighted by molar-refractivity contribution is 5.92. The fraction of sp³-hybridized carbons (Fsp3) is 0.211. The molecule has 0 unspecified atom stereocenters. The van der Waals surface area contributed by atoms with E-state index in [4.69, 9.17) is 5.11 Å². The maximum Gasteiger partial charge on any atom is 0.335 e. The molecular formula is C19H19N3O3. The number of carboxylic acid groups (broad SMARTS) is 1. The SMILES string of the molecule is CCCC(=O)Nc1ccc(Cc2nc3ccc(C(=O)O)cc3[nH]2)cc1. The second kappa shape index (κ2) is 7.17. The summed E-state index contributed by atoms with van der Waals surface area (Å²) in [6.07, 6.45) is 1.93. The number of aromatic nitrogens is 2. The lowest BCUT2D eigenvalue weighted by Gasteiger charge is -2.05. The van der Waals surface area contributed by atoms with Crippen LogP contribution in [0.25, 0.3) is 11.0 Å². The van der Waals surface area contributed by atoms with Crippen LogP contribution in [-0.2, 0) is 11.2 Å². The highest BCUT2D eigenvalue weighted by Crippen LogP contribution is 2.17. The first kappa shape index (κ1) is 16.7. The zero-order valence-corrected chi connectivity index (χ0v) is 13.9. The molecule has 1 amide bonds. The van der Waals surface area contributed by atoms with Gasteiger partial charge in [-0.3, -0.25) is 4.79 Å². The molecule has 6 heteroatoms. The predicted octanol–water partition coefficient (Wildman–Crippen LogP) is 3.59. The second-order valence-corrected chi connectivity index (χ2v) is 5.89. The lowest BCUT2D eigenvalue weighted by Crippen LogP contribution is -2.10. The molecule has 2 aromatic carbocycles. The number of hydrogen-bond acceptors (Lipinski definition) is 3. The van der Waals surface area contributed by atoms with Crippen molar-refractivity contribution in [2.45, 2.75) is 26.2 Å². The van der Waals surface area contributed by atoms with Gasteiger partial charge in [-0.1, -0.05) is 19.1 Å². The third kappa shape index (κ3) is 4.03. The van der Waals surface area contributed by atoms with Gasteiger partial charge >= 0.3 is 5.97 Å². The summed E-state index contributed by atoms with van der Waals surface area (Å²) in [5.41, 5.74) is 3.50. The van der Waals surface area contributed by atoms with Crippen LogP contribution in [0.2, 0.25) is 0 Å². The van der Waals surface area contributed by atoms with Crippen LogP contribution in [-0.4, -0.2) is 27.0 Å². The van der Waals surface area contributed by atoms with E-state index in [2.05, 4.69) is 15.3 Å². The number of rotatable bonds is 6. The Hall–Kier alpha value is -3.15. The van der Waals surface area contributed by atoms with Crippen LogP contribution >= 0.6 is 0 Å². The molecule has 0 saturated carbocycles. The number of carboxylic acids is 1. The number of anilines is 1. The number of carbonyl (C=O) groups excluding carboxylic acids is 1. The Labute approximate surface area is 144 Å². The Bertz CT molecular complexity index is 913. The van der Waals surface area contributed by atoms with Crippen molar-refractivity contribution < 1.29 is 14.7 Å². The number of hydrogen-bond donors (Lipinski definition) is 3. The van der Waals surface area contributed by atoms with Crippen molar-refractivity contribution in [3.05, 3.63) is 59.4 Å². The van der Waals surface area contributed by atoms with Gasteiger partial charge in [0.25, 0.3) is 0 Å². The zero-order chi connectivity index (χ0) is 17.8. The summed E-state index contributed by atoms with van der Waals surface area (Å²) < 4.78 is 0. The molecule has 0 aliphatic rings. The van der Waals surface area contributed by atoms with Gasteiger partial charge in [0.1, 0.15) is 5.82 Å². The van der Waals surface area contributed by atoms with Crippen molar-refractivity contribution in [3.8, 4) is 0 Å². The number of imidazole rings is 1. The topological polar surface area (TPSA) is 95.1 Å². The van der Waals surface area contributed by atoms with Crippen LogP contribution in [0.5, 0.6) is 0 Å². The number of nitrogens with one attached hydrogen (secondary N) is 2. The van der Waals surface area contributed by atoms with E-state index in [0.717, 1.165) is 29.0 Å². The quantitative estimate of drug-likeness (QED) is 0.640. The van der Waals surface area contributed by atoms with Crippen LogP contribution in [0.15, 0.2) is 42.5 Å². The molecule has 25 heavy (non-hydrogen) atoms. The summed E-state index contributed by atoms with van der Waals surface area (Å²) in [6.45, 7) is 1.97. The summed E-state index contributed by atoms with van der Waals surface area (Å²) in [7, 11) is 0. The van der Waals surface area contributed by atoms with E-state index in [-0.39, 0.29) is 11.5 Å². The zero-order valence-electron chi connectivity index (χ0n) is 13.9. The summed E-state index contributed by atoms with van der Waals surface area (Å²) in [4.78, 5) is 30.3. The lowest BCUT2D eigenvalue weighted by molar-refractivity contribution is -0.116. The predicted molar refractivity (Wildman–Crippen MR) is 95.8 cm³/mol. The Balaban J connectivity index is 1.72. The van der Waals surface area contributed by atoms with Crippen molar-refractivity contribution in [3.63, 3.8) is 0 Å². The number of aromatic amines is 1. The number of aromatic carboxylic acids is 1. The minimum Gasteiger partial charge on any atom is -0.478 e. The summed E-state index contributed by atoms with van der Waals surface area (Å²) >= 11 is 0. The minimum absolute atomic E-state index is 0.0155. The largest absolute Gasteiger partial charge is 0.478 e. The molecule has 1 aromatic heterocycles. The summed E-state index contributed by atoms with van der Waals surface area (Å²) in [5.74, 6) is -0.180. The van der Waals surface area contributed by atoms with Crippen molar-refractivity contribution in [2.24, 2.45) is 0 Å². The molecule has 3 aromatic rings. The van der Waals surface area contributed by atoms with Crippen LogP contribution < -0.4 is 5.32 Å². The number of carbonyl (C=O) groups is 2. The average molecular weight is 337 g/mol. The van der Waals surface area contributed by atoms with Gasteiger partial charge in [0.2, 0.25) is 5.91 Å². The smallest absolute Gasteiger partial charge is 0.335 e. The van der Waals surface area contributed by atoms with Gasteiger partial charge in [0.15, 0.2) is 0 Å². The summed E-state index contributed by atoms with van der Waals surface area (Å²) in [6, 6.07) is 12.5. The van der Waals surface area contributed by atoms with Crippen LogP contribution in [0.1, 0.15) is 41.5 Å². The standard InChI is InChI=1S/C19H19N3O3/c1-2-3-18(23)20-14-7-4-12(5-8-14)10-17-21-15-9-6-13(19(24)25)11-16(15)22-17/h4-9,11H,2-3,10H2,1H3,(H,20,23)(H,21,22)(H,24,25). The molecule has 3 rings (SSSR count). The molecular weight excluding hydrogens is 318 g/mol. The van der Waals surface area contributed by atoms with Gasteiger partial charge in [-0.2, -0.15) is 0 Å². The van der Waals surface area contributed by atoms with Gasteiger partial charge in [0, 0.05) is 18.5 Å². The highest BCUT2D eigenvalue weighted by atomic mass is 16.4. The van der Waals surface area contributed by atoms with Gasteiger partial charge < -0.3 is 15.4 Å². The van der Waals surface area contributed by atoms with Gasteiger partial charge in [0.05, 0.1) is 16.6 Å². The van der Waals surface area contributed by atoms with E-state index < -0.39 is 5.97 Å². The molecule has 0 atom stereocenters. The van der Waals surface area contributed by atoms with Crippen LogP contribution in [0.3, 0.4) is 0 Å². The lowest BCUT2D eigenvalue weighted by atomic mass is 10.1. The number of fused-ring (bicyclic) bond motifs is 1. The van der Waals surface area contributed by atoms with Crippen molar-refractivity contribution in [2.75, 3.05) is 5.32 Å². The van der Waals surface area contributed by atoms with E-state index in [9.17, 15) is 9.59 Å². The van der Waals surface area contributed by atoms with Crippen molar-refractivity contribution in [1.29, 1.82) is 0 Å². The first-order chi connectivity index (χ1) is 12.0. The maximum atomic E-state index is 11.6. The number of nitrogens with zero attached hydrogens (tertiary/aromatic N) is 1. The molecule has 0 bridgehead atoms. The van der Waals surface area contributed by atoms with Crippen LogP contribution in [0, 0.1) is 0 Å². The first-order valence-corrected chi connectivity index (χ1v) is 8.16.